The number of hydrogen-bond acceptors (Lipinski definition) is 4. The average molecular weight is 392 g/mol. The van der Waals surface area contributed by atoms with Crippen LogP contribution in [0.4, 0.5) is 0 Å². The van der Waals surface area contributed by atoms with Crippen molar-refractivity contribution < 1.29 is 78.0 Å². The van der Waals surface area contributed by atoms with Gasteiger partial charge in [-0.3, -0.25) is 0 Å². The molecule has 0 aromatic heterocycles. The maximum absolute atomic E-state index is 10.2. The zero-order valence-electron chi connectivity index (χ0n) is 16.8. The van der Waals surface area contributed by atoms with E-state index in [0.29, 0.717) is 0 Å². The van der Waals surface area contributed by atoms with Crippen LogP contribution in [0.3, 0.4) is 0 Å². The molecule has 0 unspecified atom stereocenters. The quantitative estimate of drug-likeness (QED) is 0.141. The van der Waals surface area contributed by atoms with E-state index in [1.807, 2.05) is 0 Å². The van der Waals surface area contributed by atoms with Crippen LogP contribution in [-0.2, 0) is 9.09 Å². The van der Waals surface area contributed by atoms with Gasteiger partial charge in [-0.15, -0.1) is 0 Å². The monoisotopic (exact) mass is 392 g/mol. The number of phosphoric acid groups is 1. The van der Waals surface area contributed by atoms with Gasteiger partial charge in [0.2, 0.25) is 0 Å². The molecule has 0 aromatic carbocycles. The summed E-state index contributed by atoms with van der Waals surface area (Å²) in [4.78, 5) is 20.4. The minimum atomic E-state index is -4.84. The van der Waals surface area contributed by atoms with Gasteiger partial charge in [0.1, 0.15) is 7.82 Å². The Morgan fingerprint density at radius 1 is 0.720 bits per heavy atom. The smallest absolute Gasteiger partial charge is 0.780 e. The van der Waals surface area contributed by atoms with Gasteiger partial charge in [-0.1, -0.05) is 90.4 Å². The standard InChI is InChI=1S/C18H37O4P.2Na/c1-2-3-4-5-6-7-8-9-10-11-12-13-14-15-16-17-18-22-23(19,20)21;;/h17-18H,2-16H2,1H3,(H2,19,20,21);;/q;2*+1/p-2. The van der Waals surface area contributed by atoms with Crippen LogP contribution in [0, 0.1) is 0 Å². The fourth-order valence-corrected chi connectivity index (χ4v) is 2.88. The minimum Gasteiger partial charge on any atom is -0.780 e. The Morgan fingerprint density at radius 3 is 1.44 bits per heavy atom. The Labute approximate surface area is 199 Å². The molecule has 0 aliphatic heterocycles. The number of phosphoric ester groups is 1. The summed E-state index contributed by atoms with van der Waals surface area (Å²) in [6.07, 6.45) is 21.8. The summed E-state index contributed by atoms with van der Waals surface area (Å²) in [5.74, 6) is 0. The minimum absolute atomic E-state index is 0. The zero-order valence-corrected chi connectivity index (χ0v) is 21.7. The third-order valence-electron chi connectivity index (χ3n) is 4.01. The van der Waals surface area contributed by atoms with Gasteiger partial charge in [0.05, 0.1) is 6.26 Å². The maximum atomic E-state index is 10.2. The Kier molecular flexibility index (Phi) is 29.8. The summed E-state index contributed by atoms with van der Waals surface area (Å²) >= 11 is 0. The molecule has 0 aromatic rings. The van der Waals surface area contributed by atoms with E-state index < -0.39 is 7.82 Å². The summed E-state index contributed by atoms with van der Waals surface area (Å²) in [6.45, 7) is 2.26. The van der Waals surface area contributed by atoms with Gasteiger partial charge in [0.15, 0.2) is 0 Å². The van der Waals surface area contributed by atoms with Crippen LogP contribution in [0.2, 0.25) is 0 Å². The summed E-state index contributed by atoms with van der Waals surface area (Å²) in [7, 11) is -4.84. The van der Waals surface area contributed by atoms with Gasteiger partial charge >= 0.3 is 59.1 Å². The van der Waals surface area contributed by atoms with Gasteiger partial charge in [-0.2, -0.15) is 0 Å². The molecule has 0 saturated carbocycles. The van der Waals surface area contributed by atoms with Gasteiger partial charge < -0.3 is 18.9 Å². The fraction of sp³-hybridized carbons (Fsp3) is 0.889. The van der Waals surface area contributed by atoms with Crippen LogP contribution in [0.25, 0.3) is 0 Å². The summed E-state index contributed by atoms with van der Waals surface area (Å²) in [6, 6.07) is 0. The second-order valence-electron chi connectivity index (χ2n) is 6.31. The molecule has 0 fully saturated rings. The van der Waals surface area contributed by atoms with E-state index in [4.69, 9.17) is 0 Å². The zero-order chi connectivity index (χ0) is 17.2. The van der Waals surface area contributed by atoms with E-state index in [1.54, 1.807) is 6.08 Å². The topological polar surface area (TPSA) is 72.4 Å². The fourth-order valence-electron chi connectivity index (χ4n) is 2.64. The molecule has 0 atom stereocenters. The molecule has 0 rings (SSSR count). The number of unbranched alkanes of at least 4 members (excludes halogenated alkanes) is 14. The average Bonchev–Trinajstić information content (AvgIpc) is 2.49. The number of hydrogen-bond donors (Lipinski definition) is 0. The van der Waals surface area contributed by atoms with Crippen molar-refractivity contribution in [3.63, 3.8) is 0 Å². The summed E-state index contributed by atoms with van der Waals surface area (Å²) in [5, 5.41) is 0. The van der Waals surface area contributed by atoms with E-state index >= 15 is 0 Å². The SMILES string of the molecule is CCCCCCCCCCCCCCCCC=COP(=O)([O-])[O-].[Na+].[Na+]. The van der Waals surface area contributed by atoms with Crippen molar-refractivity contribution in [2.45, 2.75) is 103 Å². The van der Waals surface area contributed by atoms with Crippen molar-refractivity contribution in [1.82, 2.24) is 0 Å². The molecule has 0 heterocycles. The molecular formula is C18H35Na2O4P. The van der Waals surface area contributed by atoms with Crippen LogP contribution >= 0.6 is 7.82 Å². The van der Waals surface area contributed by atoms with Crippen LogP contribution in [0.1, 0.15) is 103 Å². The van der Waals surface area contributed by atoms with E-state index in [-0.39, 0.29) is 59.1 Å². The van der Waals surface area contributed by atoms with Gasteiger partial charge in [-0.05, 0) is 18.9 Å². The molecule has 0 N–H and O–H groups in total. The van der Waals surface area contributed by atoms with Crippen molar-refractivity contribution in [3.05, 3.63) is 12.3 Å². The molecule has 0 spiro atoms. The van der Waals surface area contributed by atoms with Crippen molar-refractivity contribution in [1.29, 1.82) is 0 Å². The van der Waals surface area contributed by atoms with Crippen molar-refractivity contribution >= 4 is 7.82 Å². The first-order valence-electron chi connectivity index (χ1n) is 9.41. The van der Waals surface area contributed by atoms with Gasteiger partial charge in [0, 0.05) is 0 Å². The molecule has 0 aliphatic carbocycles. The van der Waals surface area contributed by atoms with E-state index in [2.05, 4.69) is 11.4 Å². The normalized spacial score (nSPS) is 11.2. The first-order valence-corrected chi connectivity index (χ1v) is 10.9. The van der Waals surface area contributed by atoms with E-state index in [0.717, 1.165) is 25.5 Å². The van der Waals surface area contributed by atoms with Crippen molar-refractivity contribution in [3.8, 4) is 0 Å². The Hall–Kier alpha value is 1.69. The van der Waals surface area contributed by atoms with Crippen molar-refractivity contribution in [2.24, 2.45) is 0 Å². The molecule has 0 bridgehead atoms. The molecular weight excluding hydrogens is 357 g/mol. The van der Waals surface area contributed by atoms with Crippen LogP contribution in [0.15, 0.2) is 12.3 Å². The van der Waals surface area contributed by atoms with E-state index in [1.165, 1.54) is 77.0 Å². The molecule has 138 valence electrons. The Morgan fingerprint density at radius 2 is 1.08 bits per heavy atom. The van der Waals surface area contributed by atoms with E-state index in [9.17, 15) is 14.4 Å². The number of allylic oxidation sites excluding steroid dienone is 1. The largest absolute Gasteiger partial charge is 1.00 e. The second-order valence-corrected chi connectivity index (χ2v) is 7.41. The predicted octanol–water partition coefficient (Wildman–Crippen LogP) is -0.775. The molecule has 0 radical (unpaired) electrons. The summed E-state index contributed by atoms with van der Waals surface area (Å²) < 4.78 is 14.2. The third kappa shape index (κ3) is 30.6. The first kappa shape index (κ1) is 31.4. The number of rotatable bonds is 17. The second kappa shape index (κ2) is 23.7. The van der Waals surface area contributed by atoms with Crippen LogP contribution in [-0.4, -0.2) is 0 Å². The molecule has 0 amide bonds. The van der Waals surface area contributed by atoms with Gasteiger partial charge in [-0.25, -0.2) is 0 Å². The molecule has 0 saturated heterocycles. The summed E-state index contributed by atoms with van der Waals surface area (Å²) in [5.41, 5.74) is 0. The molecule has 0 aliphatic rings. The third-order valence-corrected chi connectivity index (χ3v) is 4.39. The predicted molar refractivity (Wildman–Crippen MR) is 92.8 cm³/mol. The molecule has 4 nitrogen and oxygen atoms in total. The van der Waals surface area contributed by atoms with Crippen LogP contribution < -0.4 is 68.9 Å². The first-order chi connectivity index (χ1) is 11.1. The van der Waals surface area contributed by atoms with Gasteiger partial charge in [0.25, 0.3) is 0 Å². The Balaban J connectivity index is -0.00000242. The molecule has 25 heavy (non-hydrogen) atoms. The van der Waals surface area contributed by atoms with Crippen LogP contribution in [0.5, 0.6) is 0 Å². The Bertz CT molecular complexity index is 322. The molecule has 7 heteroatoms. The maximum Gasteiger partial charge on any atom is 1.00 e. The van der Waals surface area contributed by atoms with Crippen molar-refractivity contribution in [2.75, 3.05) is 0 Å².